The lowest BCUT2D eigenvalue weighted by Gasteiger charge is -2.21. The molecule has 0 aromatic heterocycles. The first-order chi connectivity index (χ1) is 49.7. The molecule has 0 fully saturated rings. The number of aliphatic hydroxyl groups is 1. The van der Waals surface area contributed by atoms with Crippen molar-refractivity contribution in [2.45, 2.75) is 316 Å². The molecule has 0 rings (SSSR count). The fraction of sp³-hybridized carbons (Fsp3) is 0.663. The van der Waals surface area contributed by atoms with Crippen molar-refractivity contribution in [3.63, 3.8) is 0 Å². The van der Waals surface area contributed by atoms with Crippen LogP contribution in [-0.2, 0) is 65.4 Å². The third-order valence-corrected chi connectivity index (χ3v) is 17.7. The van der Waals surface area contributed by atoms with E-state index < -0.39 is 97.5 Å². The first-order valence-electron chi connectivity index (χ1n) is 39.1. The van der Waals surface area contributed by atoms with Gasteiger partial charge in [-0.15, -0.1) is 0 Å². The van der Waals surface area contributed by atoms with Crippen molar-refractivity contribution >= 4 is 39.5 Å². The van der Waals surface area contributed by atoms with Gasteiger partial charge in [-0.25, -0.2) is 9.13 Å². The van der Waals surface area contributed by atoms with Crippen LogP contribution in [0, 0.1) is 0 Å². The van der Waals surface area contributed by atoms with Crippen LogP contribution in [0.5, 0.6) is 0 Å². The Morgan fingerprint density at radius 1 is 0.284 bits per heavy atom. The highest BCUT2D eigenvalue weighted by molar-refractivity contribution is 7.47. The van der Waals surface area contributed by atoms with Gasteiger partial charge in [-0.3, -0.25) is 37.3 Å². The van der Waals surface area contributed by atoms with Gasteiger partial charge in [0.15, 0.2) is 12.2 Å². The van der Waals surface area contributed by atoms with Crippen LogP contribution in [0.3, 0.4) is 0 Å². The van der Waals surface area contributed by atoms with Gasteiger partial charge in [-0.1, -0.05) is 251 Å². The maximum Gasteiger partial charge on any atom is 0.472 e. The molecule has 0 aliphatic heterocycles. The molecule has 0 aliphatic carbocycles. The molecule has 0 spiro atoms. The smallest absolute Gasteiger partial charge is 0.462 e. The highest BCUT2D eigenvalue weighted by atomic mass is 31.2. The number of hydrogen-bond acceptors (Lipinski definition) is 15. The van der Waals surface area contributed by atoms with Gasteiger partial charge >= 0.3 is 39.5 Å². The Balaban J connectivity index is 5.43. The Hall–Kier alpha value is -5.06. The van der Waals surface area contributed by atoms with E-state index >= 15 is 0 Å². The molecule has 0 bridgehead atoms. The zero-order valence-electron chi connectivity index (χ0n) is 63.5. The maximum absolute atomic E-state index is 13.1. The molecule has 0 saturated heterocycles. The van der Waals surface area contributed by atoms with Crippen molar-refractivity contribution in [1.29, 1.82) is 0 Å². The number of allylic oxidation sites excluding steroid dienone is 24. The SMILES string of the molecule is CC/C=C\C/C=C\C/C=C\C/C=C\CCCCC(=O)OCC(COP(=O)(O)OCC(O)COP(=O)(O)OCC(COC(=O)CCCCCCCC/C=C\C/C=C\C/C=C\CCCCC)OC(=O)CCCCCCC/C=C\CCCCCC)OC(=O)CCCC/C=C\C/C=C\C/C=C\C/C=C\CC. The van der Waals surface area contributed by atoms with E-state index in [4.69, 9.17) is 37.0 Å². The molecule has 0 saturated carbocycles. The highest BCUT2D eigenvalue weighted by Gasteiger charge is 2.30. The number of esters is 4. The Kier molecular flexibility index (Phi) is 70.5. The maximum atomic E-state index is 13.1. The summed E-state index contributed by atoms with van der Waals surface area (Å²) < 4.78 is 68.4. The summed E-state index contributed by atoms with van der Waals surface area (Å²) in [6, 6.07) is 0. The molecule has 0 radical (unpaired) electrons. The van der Waals surface area contributed by atoms with Crippen LogP contribution in [-0.4, -0.2) is 96.7 Å². The van der Waals surface area contributed by atoms with Crippen molar-refractivity contribution in [1.82, 2.24) is 0 Å². The predicted octanol–water partition coefficient (Wildman–Crippen LogP) is 22.7. The molecular formula is C83H138O17P2. The molecule has 0 amide bonds. The molecule has 0 aromatic carbocycles. The summed E-state index contributed by atoms with van der Waals surface area (Å²) in [4.78, 5) is 72.9. The molecule has 582 valence electrons. The molecule has 3 N–H and O–H groups in total. The lowest BCUT2D eigenvalue weighted by molar-refractivity contribution is -0.161. The number of carbonyl (C=O) groups excluding carboxylic acids is 4. The number of phosphoric acid groups is 2. The van der Waals surface area contributed by atoms with Crippen LogP contribution in [0.1, 0.15) is 297 Å². The van der Waals surface area contributed by atoms with E-state index in [1.807, 2.05) is 0 Å². The van der Waals surface area contributed by atoms with E-state index in [0.29, 0.717) is 32.1 Å². The summed E-state index contributed by atoms with van der Waals surface area (Å²) in [5.41, 5.74) is 0. The largest absolute Gasteiger partial charge is 0.472 e. The number of carbonyl (C=O) groups is 4. The van der Waals surface area contributed by atoms with Gasteiger partial charge in [0, 0.05) is 25.7 Å². The average molecular weight is 1470 g/mol. The number of rotatable bonds is 72. The van der Waals surface area contributed by atoms with E-state index in [2.05, 4.69) is 174 Å². The van der Waals surface area contributed by atoms with Gasteiger partial charge in [0.25, 0.3) is 0 Å². The second-order valence-corrected chi connectivity index (χ2v) is 28.4. The van der Waals surface area contributed by atoms with Crippen molar-refractivity contribution < 1.29 is 80.2 Å². The highest BCUT2D eigenvalue weighted by Crippen LogP contribution is 2.45. The van der Waals surface area contributed by atoms with Crippen LogP contribution >= 0.6 is 15.6 Å². The minimum Gasteiger partial charge on any atom is -0.462 e. The van der Waals surface area contributed by atoms with Crippen LogP contribution < -0.4 is 0 Å². The van der Waals surface area contributed by atoms with E-state index in [1.165, 1.54) is 44.9 Å². The quantitative estimate of drug-likeness (QED) is 0.0169. The number of hydrogen-bond donors (Lipinski definition) is 3. The minimum atomic E-state index is -5.00. The van der Waals surface area contributed by atoms with Gasteiger partial charge in [-0.2, -0.15) is 0 Å². The van der Waals surface area contributed by atoms with Crippen molar-refractivity contribution in [2.75, 3.05) is 39.6 Å². The minimum absolute atomic E-state index is 0.0289. The Morgan fingerprint density at radius 3 is 0.833 bits per heavy atom. The van der Waals surface area contributed by atoms with E-state index in [-0.39, 0.29) is 25.7 Å². The zero-order valence-corrected chi connectivity index (χ0v) is 65.3. The zero-order chi connectivity index (χ0) is 74.6. The molecule has 5 atom stereocenters. The fourth-order valence-electron chi connectivity index (χ4n) is 9.85. The van der Waals surface area contributed by atoms with Gasteiger partial charge < -0.3 is 33.8 Å². The summed E-state index contributed by atoms with van der Waals surface area (Å²) in [5.74, 6) is -2.30. The van der Waals surface area contributed by atoms with Gasteiger partial charge in [-0.05, 0) is 167 Å². The van der Waals surface area contributed by atoms with Gasteiger partial charge in [0.05, 0.1) is 26.4 Å². The van der Waals surface area contributed by atoms with Gasteiger partial charge in [0.1, 0.15) is 19.3 Å². The summed E-state index contributed by atoms with van der Waals surface area (Å²) in [7, 11) is -9.99. The standard InChI is InChI=1S/C83H138O17P2/c1-5-9-13-17-21-25-29-33-36-37-38-39-42-45-48-52-56-60-64-68-81(86)94-73-78(99-82(87)69-65-61-57-53-49-43-32-28-24-20-16-12-8-4)75-97-101(89,90)95-71-77(84)72-96-102(91,92)98-76-79(100-83(88)70-66-62-58-54-50-46-41-35-31-27-23-19-15-11-7-3)74-93-80(85)67-63-59-55-51-47-44-40-34-30-26-22-18-14-10-6-2/h10-11,14-15,21-23,25-28,32-36,38-41,47,50-51,54,77-79,84H,5-9,12-13,16-20,24,29-31,37,42-46,48-49,52-53,55-76H2,1-4H3,(H,89,90)(H,91,92)/b14-10-,15-11-,25-21-,26-22-,27-23-,32-28-,36-33-,39-38-,40-34-,41-35-,51-47-,54-50-. The fourth-order valence-corrected chi connectivity index (χ4v) is 11.4. The summed E-state index contributed by atoms with van der Waals surface area (Å²) in [5, 5.41) is 10.6. The average Bonchev–Trinajstić information content (AvgIpc) is 0.919. The number of phosphoric ester groups is 2. The summed E-state index contributed by atoms with van der Waals surface area (Å²) in [6.45, 7) is 4.47. The summed E-state index contributed by atoms with van der Waals surface area (Å²) >= 11 is 0. The normalized spacial score (nSPS) is 14.7. The van der Waals surface area contributed by atoms with Crippen molar-refractivity contribution in [3.8, 4) is 0 Å². The first kappa shape index (κ1) is 96.9. The lowest BCUT2D eigenvalue weighted by Crippen LogP contribution is -2.30. The topological polar surface area (TPSA) is 237 Å². The summed E-state index contributed by atoms with van der Waals surface area (Å²) in [6.07, 6.45) is 84.1. The van der Waals surface area contributed by atoms with Crippen LogP contribution in [0.2, 0.25) is 0 Å². The van der Waals surface area contributed by atoms with Crippen molar-refractivity contribution in [3.05, 3.63) is 146 Å². The molecule has 0 aromatic rings. The van der Waals surface area contributed by atoms with Gasteiger partial charge in [0.2, 0.25) is 0 Å². The monoisotopic (exact) mass is 1470 g/mol. The molecule has 19 heteroatoms. The van der Waals surface area contributed by atoms with Crippen LogP contribution in [0.15, 0.2) is 146 Å². The third-order valence-electron chi connectivity index (χ3n) is 15.8. The molecular weight excluding hydrogens is 1330 g/mol. The molecule has 5 unspecified atom stereocenters. The Bertz CT molecular complexity index is 2510. The molecule has 102 heavy (non-hydrogen) atoms. The lowest BCUT2D eigenvalue weighted by atomic mass is 10.1. The van der Waals surface area contributed by atoms with Crippen LogP contribution in [0.25, 0.3) is 0 Å². The number of unbranched alkanes of at least 4 members (excludes halogenated alkanes) is 22. The van der Waals surface area contributed by atoms with Crippen LogP contribution in [0.4, 0.5) is 0 Å². The molecule has 17 nitrogen and oxygen atoms in total. The van der Waals surface area contributed by atoms with E-state index in [1.54, 1.807) is 0 Å². The Morgan fingerprint density at radius 2 is 0.510 bits per heavy atom. The predicted molar refractivity (Wildman–Crippen MR) is 417 cm³/mol. The van der Waals surface area contributed by atoms with Crippen molar-refractivity contribution in [2.24, 2.45) is 0 Å². The third kappa shape index (κ3) is 73.3. The number of ether oxygens (including phenoxy) is 4. The molecule has 0 aliphatic rings. The second kappa shape index (κ2) is 74.2. The Labute approximate surface area is 617 Å². The second-order valence-electron chi connectivity index (χ2n) is 25.5. The number of aliphatic hydroxyl groups excluding tert-OH is 1. The molecule has 0 heterocycles. The van der Waals surface area contributed by atoms with E-state index in [9.17, 15) is 43.2 Å². The van der Waals surface area contributed by atoms with E-state index in [0.717, 1.165) is 167 Å². The first-order valence-corrected chi connectivity index (χ1v) is 42.1.